The molecule has 1 aliphatic rings. The number of rotatable bonds is 3. The van der Waals surface area contributed by atoms with E-state index in [1.165, 1.54) is 20.0 Å². The minimum absolute atomic E-state index is 0.335. The van der Waals surface area contributed by atoms with Crippen LogP contribution >= 0.6 is 0 Å². The molecule has 16 heavy (non-hydrogen) atoms. The highest BCUT2D eigenvalue weighted by Crippen LogP contribution is 2.24. The van der Waals surface area contributed by atoms with Crippen LogP contribution in [0.3, 0.4) is 0 Å². The standard InChI is InChI=1S/C12H24N2O2/c1-9-6-5-7-14(10(9)2)8-12(3,13)11(15)16-4/h9-10H,5-8,13H2,1-4H3. The monoisotopic (exact) mass is 228 g/mol. The molecule has 2 N–H and O–H groups in total. The Balaban J connectivity index is 2.62. The van der Waals surface area contributed by atoms with E-state index in [0.717, 1.165) is 6.54 Å². The molecule has 0 aliphatic carbocycles. The van der Waals surface area contributed by atoms with Gasteiger partial charge in [0.05, 0.1) is 7.11 Å². The van der Waals surface area contributed by atoms with Crippen LogP contribution in [0, 0.1) is 5.92 Å². The summed E-state index contributed by atoms with van der Waals surface area (Å²) < 4.78 is 4.73. The van der Waals surface area contributed by atoms with E-state index >= 15 is 0 Å². The molecular weight excluding hydrogens is 204 g/mol. The Kier molecular flexibility index (Phi) is 4.33. The van der Waals surface area contributed by atoms with E-state index in [4.69, 9.17) is 10.5 Å². The summed E-state index contributed by atoms with van der Waals surface area (Å²) in [5.41, 5.74) is 5.09. The number of hydrogen-bond acceptors (Lipinski definition) is 4. The van der Waals surface area contributed by atoms with Gasteiger partial charge in [0.2, 0.25) is 0 Å². The molecule has 0 amide bonds. The summed E-state index contributed by atoms with van der Waals surface area (Å²) in [5.74, 6) is 0.333. The van der Waals surface area contributed by atoms with E-state index in [-0.39, 0.29) is 5.97 Å². The summed E-state index contributed by atoms with van der Waals surface area (Å²) in [7, 11) is 1.38. The van der Waals surface area contributed by atoms with Gasteiger partial charge in [-0.25, -0.2) is 0 Å². The van der Waals surface area contributed by atoms with Crippen molar-refractivity contribution < 1.29 is 9.53 Å². The van der Waals surface area contributed by atoms with Crippen molar-refractivity contribution in [3.05, 3.63) is 0 Å². The molecule has 0 aromatic heterocycles. The molecular formula is C12H24N2O2. The van der Waals surface area contributed by atoms with Crippen LogP contribution < -0.4 is 5.73 Å². The number of carbonyl (C=O) groups excluding carboxylic acids is 1. The summed E-state index contributed by atoms with van der Waals surface area (Å²) in [6.45, 7) is 7.80. The van der Waals surface area contributed by atoms with E-state index in [1.807, 2.05) is 0 Å². The van der Waals surface area contributed by atoms with E-state index in [9.17, 15) is 4.79 Å². The molecule has 3 unspecified atom stereocenters. The van der Waals surface area contributed by atoms with Gasteiger partial charge in [-0.15, -0.1) is 0 Å². The van der Waals surface area contributed by atoms with Crippen LogP contribution in [-0.2, 0) is 9.53 Å². The average molecular weight is 228 g/mol. The molecule has 1 fully saturated rings. The number of likely N-dealkylation sites (tertiary alicyclic amines) is 1. The van der Waals surface area contributed by atoms with Crippen molar-refractivity contribution in [2.75, 3.05) is 20.2 Å². The Morgan fingerprint density at radius 1 is 1.56 bits per heavy atom. The molecule has 4 nitrogen and oxygen atoms in total. The van der Waals surface area contributed by atoms with Gasteiger partial charge in [0.25, 0.3) is 0 Å². The molecule has 4 heteroatoms. The van der Waals surface area contributed by atoms with E-state index in [1.54, 1.807) is 6.92 Å². The third-order valence-corrected chi connectivity index (χ3v) is 3.69. The van der Waals surface area contributed by atoms with Crippen LogP contribution in [0.2, 0.25) is 0 Å². The van der Waals surface area contributed by atoms with Gasteiger partial charge in [-0.3, -0.25) is 9.69 Å². The number of methoxy groups -OCH3 is 1. The van der Waals surface area contributed by atoms with Crippen LogP contribution in [0.4, 0.5) is 0 Å². The van der Waals surface area contributed by atoms with Gasteiger partial charge in [0.15, 0.2) is 0 Å². The lowest BCUT2D eigenvalue weighted by Crippen LogP contribution is -2.57. The van der Waals surface area contributed by atoms with E-state index in [0.29, 0.717) is 18.5 Å². The zero-order valence-corrected chi connectivity index (χ0v) is 10.8. The molecule has 0 spiro atoms. The first-order valence-electron chi connectivity index (χ1n) is 6.00. The molecule has 0 aromatic rings. The Hall–Kier alpha value is -0.610. The molecule has 1 rings (SSSR count). The van der Waals surface area contributed by atoms with Crippen molar-refractivity contribution >= 4 is 5.97 Å². The molecule has 1 saturated heterocycles. The molecule has 1 aliphatic heterocycles. The number of carbonyl (C=O) groups is 1. The summed E-state index contributed by atoms with van der Waals surface area (Å²) in [5, 5.41) is 0. The van der Waals surface area contributed by atoms with Gasteiger partial charge in [0.1, 0.15) is 5.54 Å². The molecule has 0 saturated carbocycles. The zero-order valence-electron chi connectivity index (χ0n) is 10.8. The maximum absolute atomic E-state index is 11.5. The second-order valence-corrected chi connectivity index (χ2v) is 5.24. The predicted molar refractivity (Wildman–Crippen MR) is 64.0 cm³/mol. The molecule has 0 bridgehead atoms. The first kappa shape index (κ1) is 13.5. The van der Waals surface area contributed by atoms with Crippen molar-refractivity contribution in [1.82, 2.24) is 4.90 Å². The Labute approximate surface area is 98.1 Å². The number of ether oxygens (including phenoxy) is 1. The second-order valence-electron chi connectivity index (χ2n) is 5.24. The van der Waals surface area contributed by atoms with Crippen molar-refractivity contribution in [1.29, 1.82) is 0 Å². The fourth-order valence-electron chi connectivity index (χ4n) is 2.36. The summed E-state index contributed by atoms with van der Waals surface area (Å²) in [4.78, 5) is 13.8. The third kappa shape index (κ3) is 2.95. The largest absolute Gasteiger partial charge is 0.468 e. The predicted octanol–water partition coefficient (Wildman–Crippen LogP) is 0.997. The quantitative estimate of drug-likeness (QED) is 0.732. The molecule has 0 aromatic carbocycles. The normalized spacial score (nSPS) is 30.8. The number of piperidine rings is 1. The average Bonchev–Trinajstić information content (AvgIpc) is 2.23. The first-order valence-corrected chi connectivity index (χ1v) is 6.00. The highest BCUT2D eigenvalue weighted by atomic mass is 16.5. The van der Waals surface area contributed by atoms with Crippen molar-refractivity contribution in [2.24, 2.45) is 11.7 Å². The van der Waals surface area contributed by atoms with Gasteiger partial charge in [-0.05, 0) is 39.2 Å². The van der Waals surface area contributed by atoms with Gasteiger partial charge < -0.3 is 10.5 Å². The molecule has 3 atom stereocenters. The molecule has 0 radical (unpaired) electrons. The maximum atomic E-state index is 11.5. The summed E-state index contributed by atoms with van der Waals surface area (Å²) in [6.07, 6.45) is 2.44. The highest BCUT2D eigenvalue weighted by molar-refractivity contribution is 5.80. The topological polar surface area (TPSA) is 55.6 Å². The smallest absolute Gasteiger partial charge is 0.326 e. The van der Waals surface area contributed by atoms with E-state index in [2.05, 4.69) is 18.7 Å². The number of esters is 1. The number of nitrogens with zero attached hydrogens (tertiary/aromatic N) is 1. The fourth-order valence-corrected chi connectivity index (χ4v) is 2.36. The van der Waals surface area contributed by atoms with Crippen molar-refractivity contribution in [3.63, 3.8) is 0 Å². The number of nitrogens with two attached hydrogens (primary N) is 1. The highest BCUT2D eigenvalue weighted by Gasteiger charge is 2.35. The van der Waals surface area contributed by atoms with Crippen LogP contribution in [0.5, 0.6) is 0 Å². The van der Waals surface area contributed by atoms with Crippen LogP contribution in [-0.4, -0.2) is 42.6 Å². The van der Waals surface area contributed by atoms with Crippen LogP contribution in [0.15, 0.2) is 0 Å². The minimum Gasteiger partial charge on any atom is -0.468 e. The van der Waals surface area contributed by atoms with Crippen LogP contribution in [0.1, 0.15) is 33.6 Å². The second kappa shape index (κ2) is 5.15. The van der Waals surface area contributed by atoms with Gasteiger partial charge in [-0.2, -0.15) is 0 Å². The Bertz CT molecular complexity index is 253. The minimum atomic E-state index is -0.903. The molecule has 94 valence electrons. The van der Waals surface area contributed by atoms with Gasteiger partial charge in [-0.1, -0.05) is 6.92 Å². The lowest BCUT2D eigenvalue weighted by Gasteiger charge is -2.41. The zero-order chi connectivity index (χ0) is 12.3. The van der Waals surface area contributed by atoms with Gasteiger partial charge >= 0.3 is 5.97 Å². The Morgan fingerprint density at radius 2 is 2.19 bits per heavy atom. The fraction of sp³-hybridized carbons (Fsp3) is 0.917. The summed E-state index contributed by atoms with van der Waals surface area (Å²) in [6, 6.07) is 0.487. The third-order valence-electron chi connectivity index (χ3n) is 3.69. The van der Waals surface area contributed by atoms with Crippen molar-refractivity contribution in [3.8, 4) is 0 Å². The first-order chi connectivity index (χ1) is 7.38. The summed E-state index contributed by atoms with van der Waals surface area (Å²) >= 11 is 0. The van der Waals surface area contributed by atoms with Crippen molar-refractivity contribution in [2.45, 2.75) is 45.2 Å². The Morgan fingerprint density at radius 3 is 2.75 bits per heavy atom. The maximum Gasteiger partial charge on any atom is 0.326 e. The number of hydrogen-bond donors (Lipinski definition) is 1. The van der Waals surface area contributed by atoms with E-state index < -0.39 is 5.54 Å². The lowest BCUT2D eigenvalue weighted by molar-refractivity contribution is -0.147. The van der Waals surface area contributed by atoms with Gasteiger partial charge in [0, 0.05) is 12.6 Å². The van der Waals surface area contributed by atoms with Crippen LogP contribution in [0.25, 0.3) is 0 Å². The SMILES string of the molecule is COC(=O)C(C)(N)CN1CCCC(C)C1C. The molecule has 1 heterocycles. The lowest BCUT2D eigenvalue weighted by atomic mass is 9.90.